The van der Waals surface area contributed by atoms with Crippen LogP contribution in [0.5, 0.6) is 0 Å². The lowest BCUT2D eigenvalue weighted by Gasteiger charge is -2.07. The van der Waals surface area contributed by atoms with Crippen molar-refractivity contribution in [2.75, 3.05) is 5.75 Å². The Balaban J connectivity index is 3.40. The molecule has 0 heterocycles. The third-order valence-electron chi connectivity index (χ3n) is 0.856. The van der Waals surface area contributed by atoms with E-state index >= 15 is 0 Å². The molecular formula is C5H12N2O2S. The summed E-state index contributed by atoms with van der Waals surface area (Å²) in [6.07, 6.45) is 0. The van der Waals surface area contributed by atoms with Crippen LogP contribution in [-0.4, -0.2) is 28.2 Å². The van der Waals surface area contributed by atoms with Crippen LogP contribution in [0.2, 0.25) is 0 Å². The molecule has 0 aliphatic heterocycles. The van der Waals surface area contributed by atoms with E-state index < -0.39 is 12.0 Å². The molecule has 0 saturated carbocycles. The number of aliphatic carboxylic acids is 1. The Bertz CT molecular complexity index is 118. The second-order valence-electron chi connectivity index (χ2n) is 1.98. The molecule has 0 aliphatic carbocycles. The lowest BCUT2D eigenvalue weighted by molar-refractivity contribution is -0.137. The third-order valence-corrected chi connectivity index (χ3v) is 1.93. The summed E-state index contributed by atoms with van der Waals surface area (Å²) in [5.74, 6) is -0.611. The van der Waals surface area contributed by atoms with Crippen LogP contribution in [-0.2, 0) is 4.79 Å². The zero-order valence-corrected chi connectivity index (χ0v) is 6.60. The first kappa shape index (κ1) is 9.74. The summed E-state index contributed by atoms with van der Waals surface area (Å²) in [6.45, 7) is 1.79. The minimum atomic E-state index is -0.979. The van der Waals surface area contributed by atoms with Gasteiger partial charge in [0.2, 0.25) is 0 Å². The zero-order chi connectivity index (χ0) is 8.15. The van der Waals surface area contributed by atoms with E-state index in [1.165, 1.54) is 11.8 Å². The lowest BCUT2D eigenvalue weighted by atomic mass is 10.4. The summed E-state index contributed by atoms with van der Waals surface area (Å²) >= 11 is 1.34. The summed E-state index contributed by atoms with van der Waals surface area (Å²) < 4.78 is 0. The molecule has 0 aliphatic rings. The van der Waals surface area contributed by atoms with E-state index in [0.29, 0.717) is 5.75 Å². The third kappa shape index (κ3) is 4.60. The van der Waals surface area contributed by atoms with Gasteiger partial charge in [-0.15, -0.1) is 11.8 Å². The van der Waals surface area contributed by atoms with Crippen LogP contribution in [0.25, 0.3) is 0 Å². The maximum absolute atomic E-state index is 10.1. The molecule has 0 fully saturated rings. The highest BCUT2D eigenvalue weighted by molar-refractivity contribution is 7.99. The van der Waals surface area contributed by atoms with Gasteiger partial charge < -0.3 is 16.6 Å². The maximum atomic E-state index is 10.1. The number of rotatable bonds is 4. The van der Waals surface area contributed by atoms with Gasteiger partial charge in [0.15, 0.2) is 0 Å². The number of hydrogen-bond donors (Lipinski definition) is 3. The van der Waals surface area contributed by atoms with Gasteiger partial charge in [0.25, 0.3) is 0 Å². The molecule has 5 N–H and O–H groups in total. The number of hydrogen-bond acceptors (Lipinski definition) is 4. The molecule has 5 heteroatoms. The van der Waals surface area contributed by atoms with Crippen molar-refractivity contribution in [1.82, 2.24) is 0 Å². The van der Waals surface area contributed by atoms with Gasteiger partial charge in [-0.1, -0.05) is 0 Å². The van der Waals surface area contributed by atoms with E-state index in [0.717, 1.165) is 0 Å². The number of nitrogens with two attached hydrogens (primary N) is 2. The van der Waals surface area contributed by atoms with Crippen LogP contribution in [0.3, 0.4) is 0 Å². The fraction of sp³-hybridized carbons (Fsp3) is 0.800. The Morgan fingerprint density at radius 2 is 2.20 bits per heavy atom. The van der Waals surface area contributed by atoms with Gasteiger partial charge in [0, 0.05) is 11.1 Å². The molecule has 0 aromatic heterocycles. The minimum absolute atomic E-state index is 0.0506. The molecule has 0 saturated heterocycles. The lowest BCUT2D eigenvalue weighted by Crippen LogP contribution is -2.33. The monoisotopic (exact) mass is 164 g/mol. The maximum Gasteiger partial charge on any atom is 0.321 e. The summed E-state index contributed by atoms with van der Waals surface area (Å²) in [4.78, 5) is 10.1. The quantitative estimate of drug-likeness (QED) is 0.484. The molecule has 0 bridgehead atoms. The Morgan fingerprint density at radius 1 is 1.70 bits per heavy atom. The van der Waals surface area contributed by atoms with E-state index in [4.69, 9.17) is 16.6 Å². The molecule has 10 heavy (non-hydrogen) atoms. The molecule has 0 radical (unpaired) electrons. The second-order valence-corrected chi connectivity index (χ2v) is 3.39. The molecule has 0 aromatic rings. The average molecular weight is 164 g/mol. The van der Waals surface area contributed by atoms with Gasteiger partial charge in [-0.05, 0) is 6.92 Å². The van der Waals surface area contributed by atoms with Crippen molar-refractivity contribution >= 4 is 17.7 Å². The number of carbonyl (C=O) groups is 1. The first-order valence-electron chi connectivity index (χ1n) is 2.89. The van der Waals surface area contributed by atoms with Gasteiger partial charge in [0.05, 0.1) is 0 Å². The van der Waals surface area contributed by atoms with Crippen LogP contribution in [0.15, 0.2) is 0 Å². The van der Waals surface area contributed by atoms with Crippen LogP contribution >= 0.6 is 11.8 Å². The van der Waals surface area contributed by atoms with Crippen molar-refractivity contribution in [1.29, 1.82) is 0 Å². The van der Waals surface area contributed by atoms with Crippen molar-refractivity contribution < 1.29 is 9.90 Å². The molecule has 1 unspecified atom stereocenters. The molecule has 60 valence electrons. The SMILES string of the molecule is CC(N)SC[C@@H](N)C(=O)O. The molecule has 0 amide bonds. The number of thioether (sulfide) groups is 1. The Labute approximate surface area is 64.0 Å². The first-order chi connectivity index (χ1) is 4.54. The summed E-state index contributed by atoms with van der Waals surface area (Å²) in [5, 5.41) is 8.27. The predicted molar refractivity (Wildman–Crippen MR) is 41.7 cm³/mol. The van der Waals surface area contributed by atoms with Gasteiger partial charge in [0.1, 0.15) is 6.04 Å². The Hall–Kier alpha value is -0.260. The van der Waals surface area contributed by atoms with Gasteiger partial charge in [-0.25, -0.2) is 0 Å². The van der Waals surface area contributed by atoms with E-state index in [9.17, 15) is 4.79 Å². The van der Waals surface area contributed by atoms with Crippen LogP contribution in [0.1, 0.15) is 6.92 Å². The van der Waals surface area contributed by atoms with Gasteiger partial charge >= 0.3 is 5.97 Å². The smallest absolute Gasteiger partial charge is 0.321 e. The highest BCUT2D eigenvalue weighted by Crippen LogP contribution is 2.04. The minimum Gasteiger partial charge on any atom is -0.480 e. The van der Waals surface area contributed by atoms with Crippen molar-refractivity contribution in [3.8, 4) is 0 Å². The highest BCUT2D eigenvalue weighted by Gasteiger charge is 2.11. The standard InChI is InChI=1S/C5H12N2O2S/c1-3(6)10-2-4(7)5(8)9/h3-4H,2,6-7H2,1H3,(H,8,9)/t3?,4-/m1/s1. The van der Waals surface area contributed by atoms with Crippen molar-refractivity contribution in [2.45, 2.75) is 18.3 Å². The van der Waals surface area contributed by atoms with Crippen LogP contribution in [0.4, 0.5) is 0 Å². The van der Waals surface area contributed by atoms with Gasteiger partial charge in [-0.2, -0.15) is 0 Å². The molecule has 4 nitrogen and oxygen atoms in total. The summed E-state index contributed by atoms with van der Waals surface area (Å²) in [6, 6.07) is -0.795. The first-order valence-corrected chi connectivity index (χ1v) is 3.94. The van der Waals surface area contributed by atoms with Crippen molar-refractivity contribution in [2.24, 2.45) is 11.5 Å². The van der Waals surface area contributed by atoms with E-state index in [1.807, 2.05) is 0 Å². The summed E-state index contributed by atoms with van der Waals surface area (Å²) in [5.41, 5.74) is 10.5. The second kappa shape index (κ2) is 4.54. The van der Waals surface area contributed by atoms with Crippen molar-refractivity contribution in [3.63, 3.8) is 0 Å². The molecular weight excluding hydrogens is 152 g/mol. The number of carboxylic acids is 1. The zero-order valence-electron chi connectivity index (χ0n) is 5.78. The topological polar surface area (TPSA) is 89.3 Å². The molecule has 0 rings (SSSR count). The molecule has 0 spiro atoms. The Morgan fingerprint density at radius 3 is 2.50 bits per heavy atom. The van der Waals surface area contributed by atoms with E-state index in [1.54, 1.807) is 6.92 Å². The predicted octanol–water partition coefficient (Wildman–Crippen LogP) is -0.564. The largest absolute Gasteiger partial charge is 0.480 e. The Kier molecular flexibility index (Phi) is 4.42. The average Bonchev–Trinajstić information content (AvgIpc) is 1.82. The molecule has 0 aromatic carbocycles. The van der Waals surface area contributed by atoms with Crippen LogP contribution < -0.4 is 11.5 Å². The summed E-state index contributed by atoms with van der Waals surface area (Å²) in [7, 11) is 0. The van der Waals surface area contributed by atoms with E-state index in [2.05, 4.69) is 0 Å². The fourth-order valence-electron chi connectivity index (χ4n) is 0.327. The molecule has 2 atom stereocenters. The normalized spacial score (nSPS) is 16.3. The van der Waals surface area contributed by atoms with E-state index in [-0.39, 0.29) is 5.37 Å². The fourth-order valence-corrected chi connectivity index (χ4v) is 0.980. The number of carboxylic acid groups (broad SMARTS) is 1. The van der Waals surface area contributed by atoms with Crippen molar-refractivity contribution in [3.05, 3.63) is 0 Å². The highest BCUT2D eigenvalue weighted by atomic mass is 32.2. The van der Waals surface area contributed by atoms with Crippen LogP contribution in [0, 0.1) is 0 Å². The van der Waals surface area contributed by atoms with Gasteiger partial charge in [-0.3, -0.25) is 4.79 Å².